The smallest absolute Gasteiger partial charge is 0.164 e. The van der Waals surface area contributed by atoms with E-state index in [4.69, 9.17) is 19.9 Å². The number of pyridine rings is 2. The van der Waals surface area contributed by atoms with Gasteiger partial charge in [-0.05, 0) is 67.6 Å². The van der Waals surface area contributed by atoms with Gasteiger partial charge in [0.15, 0.2) is 17.5 Å². The highest BCUT2D eigenvalue weighted by atomic mass is 15.0. The fourth-order valence-electron chi connectivity index (χ4n) is 7.53. The average Bonchev–Trinajstić information content (AvgIpc) is 3.29. The monoisotopic (exact) mass is 715 g/mol. The fourth-order valence-corrected chi connectivity index (χ4v) is 7.53. The lowest BCUT2D eigenvalue weighted by Crippen LogP contribution is -2.00. The van der Waals surface area contributed by atoms with E-state index in [9.17, 15) is 0 Å². The van der Waals surface area contributed by atoms with E-state index >= 15 is 0 Å². The molecule has 0 spiro atoms. The minimum atomic E-state index is 0.637. The van der Waals surface area contributed by atoms with Crippen LogP contribution in [0.1, 0.15) is 0 Å². The molecule has 0 fully saturated rings. The van der Waals surface area contributed by atoms with Crippen LogP contribution < -0.4 is 0 Å². The van der Waals surface area contributed by atoms with Gasteiger partial charge in [0.2, 0.25) is 0 Å². The molecule has 0 N–H and O–H groups in total. The van der Waals surface area contributed by atoms with E-state index in [0.717, 1.165) is 44.8 Å². The van der Waals surface area contributed by atoms with Crippen molar-refractivity contribution in [3.05, 3.63) is 200 Å². The highest BCUT2D eigenvalue weighted by Crippen LogP contribution is 2.44. The molecule has 0 aliphatic carbocycles. The summed E-state index contributed by atoms with van der Waals surface area (Å²) in [6.07, 6.45) is 3.72. The molecule has 0 aliphatic heterocycles. The van der Waals surface area contributed by atoms with E-state index in [1.165, 1.54) is 38.2 Å². The maximum absolute atomic E-state index is 4.96. The zero-order chi connectivity index (χ0) is 37.3. The van der Waals surface area contributed by atoms with Gasteiger partial charge in [-0.25, -0.2) is 15.0 Å². The summed E-state index contributed by atoms with van der Waals surface area (Å²) in [5.74, 6) is 1.93. The second-order valence-corrected chi connectivity index (χ2v) is 13.7. The molecule has 0 bridgehead atoms. The first-order valence-corrected chi connectivity index (χ1v) is 18.7. The molecule has 0 atom stereocenters. The number of benzene rings is 7. The normalized spacial score (nSPS) is 11.2. The quantitative estimate of drug-likeness (QED) is 0.154. The Kier molecular flexibility index (Phi) is 8.43. The minimum absolute atomic E-state index is 0.637. The molecule has 0 unspecified atom stereocenters. The van der Waals surface area contributed by atoms with Crippen molar-refractivity contribution in [2.24, 2.45) is 0 Å². The number of hydrogen-bond donors (Lipinski definition) is 0. The third-order valence-electron chi connectivity index (χ3n) is 10.3. The molecule has 0 aliphatic rings. The summed E-state index contributed by atoms with van der Waals surface area (Å²) in [5.41, 5.74) is 11.4. The molecule has 262 valence electrons. The highest BCUT2D eigenvalue weighted by Gasteiger charge is 2.18. The van der Waals surface area contributed by atoms with Gasteiger partial charge in [0, 0.05) is 34.6 Å². The Bertz CT molecular complexity index is 2850. The lowest BCUT2D eigenvalue weighted by molar-refractivity contribution is 1.07. The molecule has 0 radical (unpaired) electrons. The van der Waals surface area contributed by atoms with E-state index in [1.807, 2.05) is 91.1 Å². The molecule has 0 amide bonds. The molecule has 5 heteroatoms. The van der Waals surface area contributed by atoms with Crippen LogP contribution in [0.2, 0.25) is 0 Å². The maximum atomic E-state index is 4.96. The fraction of sp³-hybridized carbons (Fsp3) is 0. The third kappa shape index (κ3) is 6.17. The van der Waals surface area contributed by atoms with Crippen LogP contribution >= 0.6 is 0 Å². The van der Waals surface area contributed by atoms with Gasteiger partial charge in [-0.2, -0.15) is 0 Å². The van der Waals surface area contributed by atoms with E-state index in [0.29, 0.717) is 17.5 Å². The molecular formula is C51H33N5. The molecule has 5 nitrogen and oxygen atoms in total. The summed E-state index contributed by atoms with van der Waals surface area (Å²) in [6.45, 7) is 0. The molecule has 0 saturated heterocycles. The summed E-state index contributed by atoms with van der Waals surface area (Å²) in [5, 5.41) is 4.81. The van der Waals surface area contributed by atoms with Gasteiger partial charge in [-0.15, -0.1) is 0 Å². The van der Waals surface area contributed by atoms with E-state index < -0.39 is 0 Å². The summed E-state index contributed by atoms with van der Waals surface area (Å²) >= 11 is 0. The van der Waals surface area contributed by atoms with Gasteiger partial charge in [0.25, 0.3) is 0 Å². The molecular weight excluding hydrogens is 683 g/mol. The summed E-state index contributed by atoms with van der Waals surface area (Å²) in [4.78, 5) is 23.9. The molecule has 10 rings (SSSR count). The van der Waals surface area contributed by atoms with Gasteiger partial charge in [-0.3, -0.25) is 9.97 Å². The van der Waals surface area contributed by atoms with Crippen LogP contribution in [-0.2, 0) is 0 Å². The Hall–Kier alpha value is -7.63. The maximum Gasteiger partial charge on any atom is 0.164 e. The second kappa shape index (κ2) is 14.3. The summed E-state index contributed by atoms with van der Waals surface area (Å²) < 4.78 is 0. The summed E-state index contributed by atoms with van der Waals surface area (Å²) in [7, 11) is 0. The van der Waals surface area contributed by atoms with E-state index in [1.54, 1.807) is 6.20 Å². The highest BCUT2D eigenvalue weighted by molar-refractivity contribution is 6.21. The van der Waals surface area contributed by atoms with E-state index in [-0.39, 0.29) is 0 Å². The Morgan fingerprint density at radius 2 is 0.625 bits per heavy atom. The van der Waals surface area contributed by atoms with Crippen LogP contribution in [0.3, 0.4) is 0 Å². The van der Waals surface area contributed by atoms with Crippen LogP contribution in [0, 0.1) is 0 Å². The van der Waals surface area contributed by atoms with Crippen molar-refractivity contribution in [3.63, 3.8) is 0 Å². The number of nitrogens with zero attached hydrogens (tertiary/aromatic N) is 5. The zero-order valence-corrected chi connectivity index (χ0v) is 30.3. The van der Waals surface area contributed by atoms with Crippen LogP contribution in [0.4, 0.5) is 0 Å². The van der Waals surface area contributed by atoms with Crippen molar-refractivity contribution in [2.75, 3.05) is 0 Å². The minimum Gasteiger partial charge on any atom is -0.255 e. The van der Waals surface area contributed by atoms with Crippen molar-refractivity contribution in [2.45, 2.75) is 0 Å². The van der Waals surface area contributed by atoms with Crippen molar-refractivity contribution < 1.29 is 0 Å². The van der Waals surface area contributed by atoms with Crippen LogP contribution in [0.15, 0.2) is 200 Å². The predicted molar refractivity (Wildman–Crippen MR) is 228 cm³/mol. The Balaban J connectivity index is 1.04. The molecule has 3 heterocycles. The predicted octanol–water partition coefficient (Wildman–Crippen LogP) is 12.6. The van der Waals surface area contributed by atoms with Crippen molar-refractivity contribution in [1.82, 2.24) is 24.9 Å². The van der Waals surface area contributed by atoms with Crippen molar-refractivity contribution in [3.8, 4) is 78.9 Å². The first kappa shape index (κ1) is 33.0. The van der Waals surface area contributed by atoms with Crippen LogP contribution in [-0.4, -0.2) is 24.9 Å². The van der Waals surface area contributed by atoms with E-state index in [2.05, 4.69) is 108 Å². The average molecular weight is 716 g/mol. The van der Waals surface area contributed by atoms with Gasteiger partial charge >= 0.3 is 0 Å². The first-order chi connectivity index (χ1) is 27.8. The van der Waals surface area contributed by atoms with Gasteiger partial charge in [0.1, 0.15) is 0 Å². The lowest BCUT2D eigenvalue weighted by Gasteiger charge is -2.18. The molecule has 10 aromatic rings. The van der Waals surface area contributed by atoms with Crippen molar-refractivity contribution >= 4 is 21.5 Å². The van der Waals surface area contributed by atoms with Gasteiger partial charge in [-0.1, -0.05) is 170 Å². The Morgan fingerprint density at radius 1 is 0.250 bits per heavy atom. The summed E-state index contributed by atoms with van der Waals surface area (Å²) in [6, 6.07) is 65.1. The number of aromatic nitrogens is 5. The number of hydrogen-bond acceptors (Lipinski definition) is 5. The van der Waals surface area contributed by atoms with Gasteiger partial charge in [0.05, 0.1) is 11.4 Å². The molecule has 7 aromatic carbocycles. The standard InChI is InChI=1S/C51H33N5/c1-3-13-37(14-4-1)49-54-50(38-15-5-2-6-16-38)56-51(55-49)39-28-26-36(27-29-39)48-43-19-9-7-17-41(43)47(42-18-8-10-20-44(42)48)35-24-22-34(23-25-35)40-30-31-46(53-33-40)45-21-11-12-32-52-45/h1-33H. The molecule has 56 heavy (non-hydrogen) atoms. The Morgan fingerprint density at radius 3 is 1.05 bits per heavy atom. The third-order valence-corrected chi connectivity index (χ3v) is 10.3. The van der Waals surface area contributed by atoms with Crippen LogP contribution in [0.5, 0.6) is 0 Å². The topological polar surface area (TPSA) is 64.5 Å². The van der Waals surface area contributed by atoms with Crippen molar-refractivity contribution in [1.29, 1.82) is 0 Å². The Labute approximate surface area is 324 Å². The lowest BCUT2D eigenvalue weighted by atomic mass is 9.85. The first-order valence-electron chi connectivity index (χ1n) is 18.7. The van der Waals surface area contributed by atoms with Crippen LogP contribution in [0.25, 0.3) is 100 Å². The largest absolute Gasteiger partial charge is 0.255 e. The second-order valence-electron chi connectivity index (χ2n) is 13.7. The molecule has 0 saturated carbocycles. The van der Waals surface area contributed by atoms with Gasteiger partial charge < -0.3 is 0 Å². The zero-order valence-electron chi connectivity index (χ0n) is 30.3. The number of fused-ring (bicyclic) bond motifs is 2. The molecule has 3 aromatic heterocycles. The SMILES string of the molecule is c1ccc(-c2nc(-c3ccccc3)nc(-c3ccc(-c4c5ccccc5c(-c5ccc(-c6ccc(-c7ccccn7)nc6)cc5)c5ccccc45)cc3)n2)cc1. The number of rotatable bonds is 7.